The molecule has 1 atom stereocenters. The first-order chi connectivity index (χ1) is 11.6. The number of halogens is 2. The molecule has 1 aliphatic heterocycles. The van der Waals surface area contributed by atoms with Crippen LogP contribution in [0, 0.1) is 11.6 Å². The van der Waals surface area contributed by atoms with E-state index in [2.05, 4.69) is 15.6 Å². The third-order valence-corrected chi connectivity index (χ3v) is 3.66. The molecule has 3 N–H and O–H groups in total. The quantitative estimate of drug-likeness (QED) is 0.738. The van der Waals surface area contributed by atoms with E-state index in [1.165, 1.54) is 30.5 Å². The highest BCUT2D eigenvalue weighted by Gasteiger charge is 2.31. The van der Waals surface area contributed by atoms with Crippen molar-refractivity contribution >= 4 is 29.2 Å². The summed E-state index contributed by atoms with van der Waals surface area (Å²) in [4.78, 5) is 16.1. The van der Waals surface area contributed by atoms with E-state index in [4.69, 9.17) is 5.11 Å². The summed E-state index contributed by atoms with van der Waals surface area (Å²) in [7, 11) is 0. The molecule has 0 bridgehead atoms. The van der Waals surface area contributed by atoms with Gasteiger partial charge in [0.15, 0.2) is 0 Å². The maximum atomic E-state index is 13.9. The Labute approximate surface area is 137 Å². The Balaban J connectivity index is 1.82. The lowest BCUT2D eigenvalue weighted by molar-refractivity contribution is -0.115. The number of aliphatic hydroxyl groups is 1. The molecule has 1 unspecified atom stereocenters. The molecule has 1 amide bonds. The van der Waals surface area contributed by atoms with Crippen molar-refractivity contribution in [2.75, 3.05) is 23.8 Å². The van der Waals surface area contributed by atoms with Crippen LogP contribution in [0.4, 0.5) is 25.8 Å². The molecule has 3 rings (SSSR count). The van der Waals surface area contributed by atoms with E-state index in [-0.39, 0.29) is 30.3 Å². The van der Waals surface area contributed by atoms with Crippen LogP contribution in [-0.4, -0.2) is 30.4 Å². The van der Waals surface area contributed by atoms with Gasteiger partial charge in [-0.25, -0.2) is 8.78 Å². The summed E-state index contributed by atoms with van der Waals surface area (Å²) in [5, 5.41) is 14.0. The second-order valence-corrected chi connectivity index (χ2v) is 5.26. The molecule has 124 valence electrons. The minimum Gasteiger partial charge on any atom is -0.395 e. The minimum absolute atomic E-state index is 0.110. The Morgan fingerprint density at radius 1 is 1.25 bits per heavy atom. The molecule has 0 aliphatic carbocycles. The first kappa shape index (κ1) is 16.1. The predicted molar refractivity (Wildman–Crippen MR) is 87.9 cm³/mol. The van der Waals surface area contributed by atoms with Gasteiger partial charge in [0, 0.05) is 30.1 Å². The molecule has 0 fully saturated rings. The summed E-state index contributed by atoms with van der Waals surface area (Å²) < 4.78 is 27.8. The number of aliphatic hydroxyl groups excluding tert-OH is 1. The number of fused-ring (bicyclic) bond motifs is 1. The zero-order chi connectivity index (χ0) is 17.1. The van der Waals surface area contributed by atoms with Gasteiger partial charge in [-0.1, -0.05) is 6.07 Å². The Hall–Kier alpha value is -2.80. The van der Waals surface area contributed by atoms with Gasteiger partial charge in [0.1, 0.15) is 17.6 Å². The van der Waals surface area contributed by atoms with Crippen LogP contribution < -0.4 is 10.6 Å². The second kappa shape index (κ2) is 6.76. The fourth-order valence-corrected chi connectivity index (χ4v) is 2.52. The van der Waals surface area contributed by atoms with E-state index in [9.17, 15) is 13.6 Å². The summed E-state index contributed by atoms with van der Waals surface area (Å²) in [6.07, 6.45) is 1.31. The molecule has 5 nitrogen and oxygen atoms in total. The number of anilines is 2. The minimum atomic E-state index is -0.851. The van der Waals surface area contributed by atoms with Crippen LogP contribution in [0.2, 0.25) is 0 Å². The highest BCUT2D eigenvalue weighted by Crippen LogP contribution is 2.34. The zero-order valence-electron chi connectivity index (χ0n) is 12.6. The van der Waals surface area contributed by atoms with Crippen LogP contribution in [-0.2, 0) is 4.79 Å². The lowest BCUT2D eigenvalue weighted by Crippen LogP contribution is -2.13. The Kier molecular flexibility index (Phi) is 4.52. The van der Waals surface area contributed by atoms with Gasteiger partial charge >= 0.3 is 0 Å². The first-order valence-electron chi connectivity index (χ1n) is 7.38. The number of carbonyl (C=O) groups is 1. The van der Waals surface area contributed by atoms with Gasteiger partial charge in [-0.2, -0.15) is 0 Å². The fraction of sp³-hybridized carbons (Fsp3) is 0.176. The normalized spacial score (nSPS) is 16.3. The van der Waals surface area contributed by atoms with Crippen molar-refractivity contribution in [3.63, 3.8) is 0 Å². The SMILES string of the molecule is O=C1Nc2cccc(F)c2C1C=Nc1ccc(NCCO)c(F)c1. The number of rotatable bonds is 5. The second-order valence-electron chi connectivity index (χ2n) is 5.26. The highest BCUT2D eigenvalue weighted by molar-refractivity contribution is 6.12. The third kappa shape index (κ3) is 3.11. The summed E-state index contributed by atoms with van der Waals surface area (Å²) in [6.45, 7) is 0.124. The Morgan fingerprint density at radius 2 is 2.08 bits per heavy atom. The largest absolute Gasteiger partial charge is 0.395 e. The standard InChI is InChI=1S/C17H15F2N3O2/c18-12-2-1-3-15-16(12)11(17(24)22-15)9-21-10-4-5-14(13(19)8-10)20-6-7-23/h1-5,8-9,11,20,23H,6-7H2,(H,22,24). The Morgan fingerprint density at radius 3 is 2.83 bits per heavy atom. The number of aliphatic imine (C=N–C) groups is 1. The maximum absolute atomic E-state index is 13.9. The maximum Gasteiger partial charge on any atom is 0.237 e. The predicted octanol–water partition coefficient (Wildman–Crippen LogP) is 2.81. The molecule has 0 saturated carbocycles. The van der Waals surface area contributed by atoms with Crippen molar-refractivity contribution in [3.05, 3.63) is 53.6 Å². The highest BCUT2D eigenvalue weighted by atomic mass is 19.1. The number of nitrogens with one attached hydrogen (secondary N) is 2. The van der Waals surface area contributed by atoms with Gasteiger partial charge in [0.25, 0.3) is 0 Å². The van der Waals surface area contributed by atoms with Gasteiger partial charge in [-0.05, 0) is 24.3 Å². The number of benzene rings is 2. The van der Waals surface area contributed by atoms with E-state index < -0.39 is 17.6 Å². The van der Waals surface area contributed by atoms with Crippen molar-refractivity contribution in [1.29, 1.82) is 0 Å². The van der Waals surface area contributed by atoms with Gasteiger partial charge in [-0.3, -0.25) is 9.79 Å². The number of amides is 1. The van der Waals surface area contributed by atoms with E-state index >= 15 is 0 Å². The topological polar surface area (TPSA) is 73.7 Å². The molecule has 0 spiro atoms. The fourth-order valence-electron chi connectivity index (χ4n) is 2.52. The van der Waals surface area contributed by atoms with Crippen LogP contribution >= 0.6 is 0 Å². The van der Waals surface area contributed by atoms with Crippen molar-refractivity contribution in [2.24, 2.45) is 4.99 Å². The van der Waals surface area contributed by atoms with Crippen molar-refractivity contribution in [1.82, 2.24) is 0 Å². The van der Waals surface area contributed by atoms with Crippen LogP contribution in [0.25, 0.3) is 0 Å². The van der Waals surface area contributed by atoms with Crippen molar-refractivity contribution in [3.8, 4) is 0 Å². The summed E-state index contributed by atoms with van der Waals surface area (Å²) in [5.74, 6) is -2.24. The molecule has 7 heteroatoms. The van der Waals surface area contributed by atoms with E-state index in [1.54, 1.807) is 12.1 Å². The van der Waals surface area contributed by atoms with E-state index in [0.717, 1.165) is 0 Å². The van der Waals surface area contributed by atoms with Crippen LogP contribution in [0.5, 0.6) is 0 Å². The number of nitrogens with zero attached hydrogens (tertiary/aromatic N) is 1. The molecule has 2 aromatic carbocycles. The Bertz CT molecular complexity index is 808. The molecule has 1 aliphatic rings. The van der Waals surface area contributed by atoms with Crippen LogP contribution in [0.3, 0.4) is 0 Å². The molecule has 24 heavy (non-hydrogen) atoms. The van der Waals surface area contributed by atoms with Gasteiger partial charge in [0.05, 0.1) is 18.0 Å². The summed E-state index contributed by atoms with van der Waals surface area (Å²) >= 11 is 0. The van der Waals surface area contributed by atoms with Crippen molar-refractivity contribution in [2.45, 2.75) is 5.92 Å². The smallest absolute Gasteiger partial charge is 0.237 e. The lowest BCUT2D eigenvalue weighted by atomic mass is 10.0. The number of hydrogen-bond donors (Lipinski definition) is 3. The van der Waals surface area contributed by atoms with Gasteiger partial charge < -0.3 is 15.7 Å². The average molecular weight is 331 g/mol. The molecular weight excluding hydrogens is 316 g/mol. The number of carbonyl (C=O) groups excluding carboxylic acids is 1. The van der Waals surface area contributed by atoms with Crippen molar-refractivity contribution < 1.29 is 18.7 Å². The zero-order valence-corrected chi connectivity index (χ0v) is 12.6. The molecule has 0 saturated heterocycles. The molecule has 2 aromatic rings. The van der Waals surface area contributed by atoms with Gasteiger partial charge in [-0.15, -0.1) is 0 Å². The molecular formula is C17H15F2N3O2. The number of hydrogen-bond acceptors (Lipinski definition) is 4. The summed E-state index contributed by atoms with van der Waals surface area (Å²) in [6, 6.07) is 8.66. The average Bonchev–Trinajstić information content (AvgIpc) is 2.89. The monoisotopic (exact) mass is 331 g/mol. The summed E-state index contributed by atoms with van der Waals surface area (Å²) in [5.41, 5.74) is 1.22. The molecule has 1 heterocycles. The van der Waals surface area contributed by atoms with E-state index in [0.29, 0.717) is 11.4 Å². The lowest BCUT2D eigenvalue weighted by Gasteiger charge is -2.06. The molecule has 0 radical (unpaired) electrons. The third-order valence-electron chi connectivity index (χ3n) is 3.66. The van der Waals surface area contributed by atoms with E-state index in [1.807, 2.05) is 0 Å². The van der Waals surface area contributed by atoms with Crippen LogP contribution in [0.15, 0.2) is 41.4 Å². The first-order valence-corrected chi connectivity index (χ1v) is 7.38. The molecule has 0 aromatic heterocycles. The van der Waals surface area contributed by atoms with Gasteiger partial charge in [0.2, 0.25) is 5.91 Å². The van der Waals surface area contributed by atoms with Crippen LogP contribution in [0.1, 0.15) is 11.5 Å².